The van der Waals surface area contributed by atoms with Crippen molar-refractivity contribution in [1.29, 1.82) is 0 Å². The fourth-order valence-electron chi connectivity index (χ4n) is 2.81. The van der Waals surface area contributed by atoms with Gasteiger partial charge in [-0.1, -0.05) is 6.07 Å². The molecular weight excluding hydrogens is 258 g/mol. The first-order valence-corrected chi connectivity index (χ1v) is 6.70. The van der Waals surface area contributed by atoms with E-state index in [1.807, 2.05) is 0 Å². The molecule has 2 aliphatic rings. The Morgan fingerprint density at radius 3 is 3.00 bits per heavy atom. The summed E-state index contributed by atoms with van der Waals surface area (Å²) < 4.78 is 0. The lowest BCUT2D eigenvalue weighted by molar-refractivity contribution is 0.0616. The molecule has 1 aromatic carbocycles. The number of piperazine rings is 1. The van der Waals surface area contributed by atoms with Gasteiger partial charge in [0.15, 0.2) is 0 Å². The van der Waals surface area contributed by atoms with Crippen molar-refractivity contribution in [2.24, 2.45) is 0 Å². The van der Waals surface area contributed by atoms with E-state index < -0.39 is 0 Å². The molecule has 2 N–H and O–H groups in total. The summed E-state index contributed by atoms with van der Waals surface area (Å²) in [5, 5.41) is 12.5. The average molecular weight is 275 g/mol. The molecule has 0 saturated carbocycles. The van der Waals surface area contributed by atoms with E-state index in [-0.39, 0.29) is 23.7 Å². The molecule has 1 aromatic rings. The summed E-state index contributed by atoms with van der Waals surface area (Å²) in [5.74, 6) is 0.0459. The number of fused-ring (bicyclic) bond motifs is 1. The molecule has 20 heavy (non-hydrogen) atoms. The summed E-state index contributed by atoms with van der Waals surface area (Å²) in [5.41, 5.74) is 1.12. The third-order valence-electron chi connectivity index (χ3n) is 4.06. The first-order chi connectivity index (χ1) is 9.58. The molecule has 0 bridgehead atoms. The van der Waals surface area contributed by atoms with Crippen LogP contribution in [0.2, 0.25) is 0 Å². The van der Waals surface area contributed by atoms with Crippen LogP contribution in [0.3, 0.4) is 0 Å². The van der Waals surface area contributed by atoms with Gasteiger partial charge in [0.05, 0.1) is 6.04 Å². The van der Waals surface area contributed by atoms with E-state index in [0.717, 1.165) is 0 Å². The Morgan fingerprint density at radius 1 is 1.40 bits per heavy atom. The molecule has 0 radical (unpaired) electrons. The van der Waals surface area contributed by atoms with E-state index >= 15 is 0 Å². The number of nitrogens with zero attached hydrogens (tertiary/aromatic N) is 2. The molecule has 106 valence electrons. The molecular formula is C14H17N3O3. The Kier molecular flexibility index (Phi) is 3.00. The molecule has 2 heterocycles. The molecule has 6 nitrogen and oxygen atoms in total. The molecule has 2 saturated heterocycles. The maximum absolute atomic E-state index is 12.5. The zero-order valence-electron chi connectivity index (χ0n) is 11.3. The van der Waals surface area contributed by atoms with Gasteiger partial charge in [-0.15, -0.1) is 0 Å². The van der Waals surface area contributed by atoms with Gasteiger partial charge in [0.2, 0.25) is 0 Å². The number of hydrogen-bond acceptors (Lipinski definition) is 3. The maximum Gasteiger partial charge on any atom is 0.317 e. The second-order valence-corrected chi connectivity index (χ2v) is 5.23. The van der Waals surface area contributed by atoms with Crippen LogP contribution >= 0.6 is 0 Å². The summed E-state index contributed by atoms with van der Waals surface area (Å²) in [6, 6.07) is 4.98. The number of urea groups is 1. The molecule has 1 atom stereocenters. The van der Waals surface area contributed by atoms with Gasteiger partial charge in [-0.05, 0) is 19.1 Å². The fourth-order valence-corrected chi connectivity index (χ4v) is 2.81. The Bertz CT molecular complexity index is 573. The highest BCUT2D eigenvalue weighted by Crippen LogP contribution is 2.23. The van der Waals surface area contributed by atoms with E-state index in [9.17, 15) is 14.7 Å². The molecule has 0 aromatic heterocycles. The van der Waals surface area contributed by atoms with Crippen molar-refractivity contribution in [1.82, 2.24) is 15.1 Å². The highest BCUT2D eigenvalue weighted by Gasteiger charge is 2.37. The van der Waals surface area contributed by atoms with Crippen molar-refractivity contribution in [3.63, 3.8) is 0 Å². The average Bonchev–Trinajstić information content (AvgIpc) is 2.82. The van der Waals surface area contributed by atoms with Gasteiger partial charge >= 0.3 is 6.03 Å². The third-order valence-corrected chi connectivity index (χ3v) is 4.06. The van der Waals surface area contributed by atoms with Crippen LogP contribution in [-0.4, -0.2) is 59.1 Å². The van der Waals surface area contributed by atoms with E-state index in [1.165, 1.54) is 0 Å². The zero-order valence-corrected chi connectivity index (χ0v) is 11.3. The number of carbonyl (C=O) groups excluding carboxylic acids is 2. The summed E-state index contributed by atoms with van der Waals surface area (Å²) in [7, 11) is 0. The lowest BCUT2D eigenvalue weighted by atomic mass is 10.1. The van der Waals surface area contributed by atoms with E-state index in [1.54, 1.807) is 34.9 Å². The van der Waals surface area contributed by atoms with Crippen LogP contribution in [0.5, 0.6) is 5.75 Å². The lowest BCUT2D eigenvalue weighted by Crippen LogP contribution is -2.53. The number of hydrogen-bond donors (Lipinski definition) is 2. The Balaban J connectivity index is 1.79. The van der Waals surface area contributed by atoms with Gasteiger partial charge in [-0.25, -0.2) is 4.79 Å². The Morgan fingerprint density at radius 2 is 2.20 bits per heavy atom. The molecule has 2 fully saturated rings. The highest BCUT2D eigenvalue weighted by molar-refractivity contribution is 5.96. The molecule has 3 amide bonds. The number of phenolic OH excluding ortho intramolecular Hbond substituents is 1. The number of phenols is 1. The van der Waals surface area contributed by atoms with E-state index in [0.29, 0.717) is 37.3 Å². The van der Waals surface area contributed by atoms with E-state index in [4.69, 9.17) is 0 Å². The standard InChI is InChI=1S/C14H17N3O3/c1-9-11(3-2-4-12(9)18)13(19)16-5-6-17-10(8-16)7-15-14(17)20/h2-4,10,18H,5-8H2,1H3,(H,15,20). The smallest absolute Gasteiger partial charge is 0.317 e. The second kappa shape index (κ2) is 4.70. The van der Waals surface area contributed by atoms with Gasteiger partial charge in [0, 0.05) is 37.3 Å². The van der Waals surface area contributed by atoms with Gasteiger partial charge in [0.1, 0.15) is 5.75 Å². The third kappa shape index (κ3) is 1.97. The second-order valence-electron chi connectivity index (χ2n) is 5.23. The SMILES string of the molecule is Cc1c(O)cccc1C(=O)N1CCN2C(=O)NCC2C1. The van der Waals surface area contributed by atoms with Crippen LogP contribution in [0.1, 0.15) is 15.9 Å². The van der Waals surface area contributed by atoms with Crippen LogP contribution in [0.15, 0.2) is 18.2 Å². The summed E-state index contributed by atoms with van der Waals surface area (Å²) in [4.78, 5) is 27.6. The van der Waals surface area contributed by atoms with Crippen LogP contribution in [0, 0.1) is 6.92 Å². The van der Waals surface area contributed by atoms with Crippen molar-refractivity contribution in [2.75, 3.05) is 26.2 Å². The first-order valence-electron chi connectivity index (χ1n) is 6.70. The monoisotopic (exact) mass is 275 g/mol. The van der Waals surface area contributed by atoms with Crippen LogP contribution in [0.4, 0.5) is 4.79 Å². The highest BCUT2D eigenvalue weighted by atomic mass is 16.3. The van der Waals surface area contributed by atoms with Crippen LogP contribution < -0.4 is 5.32 Å². The van der Waals surface area contributed by atoms with Crippen molar-refractivity contribution in [3.05, 3.63) is 29.3 Å². The minimum absolute atomic E-state index is 0.0457. The minimum atomic E-state index is -0.0857. The van der Waals surface area contributed by atoms with Gasteiger partial charge in [-0.3, -0.25) is 4.79 Å². The Labute approximate surface area is 117 Å². The van der Waals surface area contributed by atoms with Gasteiger partial charge in [-0.2, -0.15) is 0 Å². The van der Waals surface area contributed by atoms with Crippen molar-refractivity contribution < 1.29 is 14.7 Å². The minimum Gasteiger partial charge on any atom is -0.508 e. The number of carbonyl (C=O) groups is 2. The Hall–Kier alpha value is -2.24. The number of benzene rings is 1. The molecule has 0 spiro atoms. The summed E-state index contributed by atoms with van der Waals surface area (Å²) >= 11 is 0. The predicted molar refractivity (Wildman–Crippen MR) is 72.6 cm³/mol. The normalized spacial score (nSPS) is 21.6. The van der Waals surface area contributed by atoms with Crippen LogP contribution in [-0.2, 0) is 0 Å². The molecule has 0 aliphatic carbocycles. The maximum atomic E-state index is 12.5. The number of nitrogens with one attached hydrogen (secondary N) is 1. The van der Waals surface area contributed by atoms with Gasteiger partial charge in [0.25, 0.3) is 5.91 Å². The fraction of sp³-hybridized carbons (Fsp3) is 0.429. The molecule has 1 unspecified atom stereocenters. The van der Waals surface area contributed by atoms with Gasteiger partial charge < -0.3 is 20.2 Å². The lowest BCUT2D eigenvalue weighted by Gasteiger charge is -2.36. The van der Waals surface area contributed by atoms with Crippen LogP contribution in [0.25, 0.3) is 0 Å². The summed E-state index contributed by atoms with van der Waals surface area (Å²) in [6.07, 6.45) is 0. The number of amides is 3. The molecule has 6 heteroatoms. The van der Waals surface area contributed by atoms with Crippen molar-refractivity contribution in [3.8, 4) is 5.75 Å². The summed E-state index contributed by atoms with van der Waals surface area (Å²) in [6.45, 7) is 3.94. The molecule has 2 aliphatic heterocycles. The molecule has 3 rings (SSSR count). The largest absolute Gasteiger partial charge is 0.508 e. The van der Waals surface area contributed by atoms with Crippen molar-refractivity contribution >= 4 is 11.9 Å². The van der Waals surface area contributed by atoms with E-state index in [2.05, 4.69) is 5.32 Å². The number of aromatic hydroxyl groups is 1. The first kappa shape index (κ1) is 12.8. The quantitative estimate of drug-likeness (QED) is 0.786. The number of rotatable bonds is 1. The topological polar surface area (TPSA) is 72.9 Å². The predicted octanol–water partition coefficient (Wildman–Crippen LogP) is 0.550. The van der Waals surface area contributed by atoms with Crippen molar-refractivity contribution in [2.45, 2.75) is 13.0 Å². The zero-order chi connectivity index (χ0) is 14.3.